The third kappa shape index (κ3) is 4.62. The number of hydrogen-bond acceptors (Lipinski definition) is 4. The number of carboxylic acids is 1. The summed E-state index contributed by atoms with van der Waals surface area (Å²) in [6, 6.07) is -0.725. The lowest BCUT2D eigenvalue weighted by molar-refractivity contribution is -0.137. The highest BCUT2D eigenvalue weighted by Crippen LogP contribution is 2.11. The number of carboxylic acid groups (broad SMARTS) is 1. The Morgan fingerprint density at radius 2 is 2.28 bits per heavy atom. The molecule has 6 nitrogen and oxygen atoms in total. The Balaban J connectivity index is 2.49. The molecule has 0 bridgehead atoms. The maximum atomic E-state index is 12.1. The Morgan fingerprint density at radius 3 is 2.89 bits per heavy atom. The van der Waals surface area contributed by atoms with Crippen molar-refractivity contribution >= 4 is 11.9 Å². The first-order valence-corrected chi connectivity index (χ1v) is 6.42. The van der Waals surface area contributed by atoms with Crippen LogP contribution in [0.1, 0.15) is 32.6 Å². The van der Waals surface area contributed by atoms with Gasteiger partial charge in [-0.05, 0) is 19.3 Å². The van der Waals surface area contributed by atoms with Gasteiger partial charge in [-0.2, -0.15) is 0 Å². The fourth-order valence-corrected chi connectivity index (χ4v) is 1.98. The van der Waals surface area contributed by atoms with Gasteiger partial charge in [-0.3, -0.25) is 9.59 Å². The van der Waals surface area contributed by atoms with Crippen LogP contribution in [0.3, 0.4) is 0 Å². The molecule has 2 atom stereocenters. The molecule has 1 aliphatic rings. The summed E-state index contributed by atoms with van der Waals surface area (Å²) >= 11 is 0. The highest BCUT2D eigenvalue weighted by Gasteiger charge is 2.25. The predicted molar refractivity (Wildman–Crippen MR) is 66.1 cm³/mol. The summed E-state index contributed by atoms with van der Waals surface area (Å²) in [7, 11) is 0. The van der Waals surface area contributed by atoms with Crippen LogP contribution in [0.2, 0.25) is 0 Å². The van der Waals surface area contributed by atoms with Gasteiger partial charge in [-0.15, -0.1) is 0 Å². The predicted octanol–water partition coefficient (Wildman–Crippen LogP) is 0.206. The molecular weight excluding hydrogens is 236 g/mol. The number of nitrogens with zero attached hydrogens (tertiary/aromatic N) is 1. The molecular formula is C12H22N2O4. The summed E-state index contributed by atoms with van der Waals surface area (Å²) in [5.74, 6) is -1.09. The number of carbonyl (C=O) groups is 2. The number of rotatable bonds is 5. The van der Waals surface area contributed by atoms with E-state index in [-0.39, 0.29) is 24.9 Å². The highest BCUT2D eigenvalue weighted by atomic mass is 16.5. The van der Waals surface area contributed by atoms with Gasteiger partial charge in [0.15, 0.2) is 0 Å². The van der Waals surface area contributed by atoms with E-state index in [1.807, 2.05) is 6.92 Å². The van der Waals surface area contributed by atoms with Crippen molar-refractivity contribution in [1.82, 2.24) is 4.90 Å². The van der Waals surface area contributed by atoms with Crippen molar-refractivity contribution in [3.8, 4) is 0 Å². The molecule has 1 saturated heterocycles. The van der Waals surface area contributed by atoms with E-state index in [1.165, 1.54) is 0 Å². The molecule has 0 aromatic carbocycles. The second kappa shape index (κ2) is 7.33. The van der Waals surface area contributed by atoms with Crippen molar-refractivity contribution in [2.24, 2.45) is 5.73 Å². The van der Waals surface area contributed by atoms with E-state index in [0.717, 1.165) is 12.8 Å². The molecule has 6 heteroatoms. The summed E-state index contributed by atoms with van der Waals surface area (Å²) in [6.07, 6.45) is 1.82. The average molecular weight is 258 g/mol. The van der Waals surface area contributed by atoms with Gasteiger partial charge in [0.05, 0.1) is 12.1 Å². The van der Waals surface area contributed by atoms with E-state index in [4.69, 9.17) is 15.6 Å². The van der Waals surface area contributed by atoms with Gasteiger partial charge in [-0.25, -0.2) is 0 Å². The smallest absolute Gasteiger partial charge is 0.303 e. The molecule has 1 heterocycles. The quantitative estimate of drug-likeness (QED) is 0.735. The van der Waals surface area contributed by atoms with Crippen LogP contribution in [0.4, 0.5) is 0 Å². The van der Waals surface area contributed by atoms with Crippen LogP contribution in [-0.2, 0) is 14.3 Å². The van der Waals surface area contributed by atoms with E-state index in [0.29, 0.717) is 19.7 Å². The summed E-state index contributed by atoms with van der Waals surface area (Å²) in [5, 5.41) is 8.58. The van der Waals surface area contributed by atoms with Gasteiger partial charge in [0.1, 0.15) is 0 Å². The Bertz CT molecular complexity index is 296. The topological polar surface area (TPSA) is 92.9 Å². The van der Waals surface area contributed by atoms with Crippen molar-refractivity contribution in [2.45, 2.75) is 44.8 Å². The van der Waals surface area contributed by atoms with E-state index in [1.54, 1.807) is 4.90 Å². The Labute approximate surface area is 107 Å². The van der Waals surface area contributed by atoms with Crippen LogP contribution in [-0.4, -0.2) is 53.7 Å². The van der Waals surface area contributed by atoms with Gasteiger partial charge in [-0.1, -0.05) is 6.92 Å². The summed E-state index contributed by atoms with van der Waals surface area (Å²) in [6.45, 7) is 3.86. The van der Waals surface area contributed by atoms with Crippen LogP contribution in [0.25, 0.3) is 0 Å². The van der Waals surface area contributed by atoms with Crippen LogP contribution in [0, 0.1) is 0 Å². The number of ether oxygens (including phenoxy) is 1. The largest absolute Gasteiger partial charge is 0.481 e. The van der Waals surface area contributed by atoms with Crippen molar-refractivity contribution in [3.63, 3.8) is 0 Å². The number of carbonyl (C=O) groups excluding carboxylic acids is 1. The Hall–Kier alpha value is -1.14. The van der Waals surface area contributed by atoms with Crippen LogP contribution in [0.5, 0.6) is 0 Å². The van der Waals surface area contributed by atoms with Gasteiger partial charge >= 0.3 is 5.97 Å². The van der Waals surface area contributed by atoms with Crippen molar-refractivity contribution in [3.05, 3.63) is 0 Å². The van der Waals surface area contributed by atoms with Crippen molar-refractivity contribution < 1.29 is 19.4 Å². The minimum atomic E-state index is -0.927. The van der Waals surface area contributed by atoms with E-state index in [9.17, 15) is 9.59 Å². The normalized spacial score (nSPS) is 22.3. The van der Waals surface area contributed by atoms with E-state index < -0.39 is 12.0 Å². The Morgan fingerprint density at radius 1 is 1.56 bits per heavy atom. The minimum Gasteiger partial charge on any atom is -0.481 e. The lowest BCUT2D eigenvalue weighted by atomic mass is 10.1. The second-order valence-corrected chi connectivity index (χ2v) is 4.58. The molecule has 1 aliphatic heterocycles. The molecule has 3 N–H and O–H groups in total. The maximum Gasteiger partial charge on any atom is 0.303 e. The molecule has 2 unspecified atom stereocenters. The lowest BCUT2D eigenvalue weighted by Gasteiger charge is -2.26. The zero-order valence-electron chi connectivity index (χ0n) is 10.8. The average Bonchev–Trinajstić information content (AvgIpc) is 2.60. The van der Waals surface area contributed by atoms with Gasteiger partial charge in [0, 0.05) is 26.1 Å². The fourth-order valence-electron chi connectivity index (χ4n) is 1.98. The molecule has 1 rings (SSSR count). The molecule has 0 radical (unpaired) electrons. The zero-order valence-corrected chi connectivity index (χ0v) is 10.8. The standard InChI is InChI=1S/C12H22N2O4/c1-2-9-8-14(6-3-7-18-9)12(17)10(13)4-5-11(15)16/h9-10H,2-8,13H2,1H3,(H,15,16). The summed E-state index contributed by atoms with van der Waals surface area (Å²) < 4.78 is 5.58. The van der Waals surface area contributed by atoms with Crippen LogP contribution in [0.15, 0.2) is 0 Å². The molecule has 1 fully saturated rings. The number of hydrogen-bond donors (Lipinski definition) is 2. The first kappa shape index (κ1) is 14.9. The molecule has 0 saturated carbocycles. The summed E-state index contributed by atoms with van der Waals surface area (Å²) in [5.41, 5.74) is 5.74. The fraction of sp³-hybridized carbons (Fsp3) is 0.833. The minimum absolute atomic E-state index is 0.0584. The molecule has 104 valence electrons. The van der Waals surface area contributed by atoms with E-state index in [2.05, 4.69) is 0 Å². The lowest BCUT2D eigenvalue weighted by Crippen LogP contribution is -2.46. The first-order chi connectivity index (χ1) is 8.54. The molecule has 0 spiro atoms. The number of nitrogens with two attached hydrogens (primary N) is 1. The SMILES string of the molecule is CCC1CN(C(=O)C(N)CCC(=O)O)CCCO1. The van der Waals surface area contributed by atoms with Gasteiger partial charge in [0.2, 0.25) is 5.91 Å². The van der Waals surface area contributed by atoms with Crippen LogP contribution >= 0.6 is 0 Å². The molecule has 0 aliphatic carbocycles. The third-order valence-corrected chi connectivity index (χ3v) is 3.10. The number of amides is 1. The summed E-state index contributed by atoms with van der Waals surface area (Å²) in [4.78, 5) is 24.2. The van der Waals surface area contributed by atoms with Crippen molar-refractivity contribution in [1.29, 1.82) is 0 Å². The molecule has 1 amide bonds. The third-order valence-electron chi connectivity index (χ3n) is 3.10. The Kier molecular flexibility index (Phi) is 6.07. The maximum absolute atomic E-state index is 12.1. The van der Waals surface area contributed by atoms with Gasteiger partial charge < -0.3 is 20.5 Å². The zero-order chi connectivity index (χ0) is 13.5. The van der Waals surface area contributed by atoms with Crippen molar-refractivity contribution in [2.75, 3.05) is 19.7 Å². The molecule has 0 aromatic heterocycles. The molecule has 0 aromatic rings. The monoisotopic (exact) mass is 258 g/mol. The highest BCUT2D eigenvalue weighted by molar-refractivity contribution is 5.82. The second-order valence-electron chi connectivity index (χ2n) is 4.58. The first-order valence-electron chi connectivity index (χ1n) is 6.42. The number of aliphatic carboxylic acids is 1. The van der Waals surface area contributed by atoms with Crippen LogP contribution < -0.4 is 5.73 Å². The van der Waals surface area contributed by atoms with E-state index >= 15 is 0 Å². The van der Waals surface area contributed by atoms with Gasteiger partial charge in [0.25, 0.3) is 0 Å². The molecule has 18 heavy (non-hydrogen) atoms.